The third-order valence-corrected chi connectivity index (χ3v) is 3.32. The van der Waals surface area contributed by atoms with Gasteiger partial charge in [-0.25, -0.2) is 0 Å². The Morgan fingerprint density at radius 1 is 1.42 bits per heavy atom. The van der Waals surface area contributed by atoms with Gasteiger partial charge < -0.3 is 10.1 Å². The molecule has 0 aliphatic carbocycles. The van der Waals surface area contributed by atoms with Crippen molar-refractivity contribution in [3.05, 3.63) is 17.5 Å². The van der Waals surface area contributed by atoms with Gasteiger partial charge >= 0.3 is 0 Å². The highest BCUT2D eigenvalue weighted by Crippen LogP contribution is 2.10. The minimum atomic E-state index is 0.525. The number of ether oxygens (including phenoxy) is 1. The summed E-state index contributed by atoms with van der Waals surface area (Å²) in [5, 5.41) is 8.16. The second-order valence-electron chi connectivity index (χ2n) is 5.08. The van der Waals surface area contributed by atoms with Gasteiger partial charge in [-0.15, -0.1) is 0 Å². The first-order valence-electron chi connectivity index (χ1n) is 7.46. The zero-order chi connectivity index (χ0) is 14.1. The maximum atomic E-state index is 5.15. The molecule has 0 fully saturated rings. The van der Waals surface area contributed by atoms with Gasteiger partial charge in [-0.1, -0.05) is 6.92 Å². The molecule has 1 aromatic heterocycles. The van der Waals surface area contributed by atoms with Crippen LogP contribution in [0, 0.1) is 6.92 Å². The summed E-state index contributed by atoms with van der Waals surface area (Å²) < 4.78 is 7.27. The molecule has 1 rings (SSSR count). The number of aryl methyl sites for hydroxylation is 2. The summed E-state index contributed by atoms with van der Waals surface area (Å²) in [6, 6.07) is 2.73. The van der Waals surface area contributed by atoms with E-state index in [0.717, 1.165) is 44.7 Å². The molecule has 0 aliphatic heterocycles. The largest absolute Gasteiger partial charge is 0.385 e. The van der Waals surface area contributed by atoms with Gasteiger partial charge in [-0.05, 0) is 45.7 Å². The Labute approximate surface area is 117 Å². The smallest absolute Gasteiger partial charge is 0.0596 e. The third kappa shape index (κ3) is 5.74. The summed E-state index contributed by atoms with van der Waals surface area (Å²) in [5.41, 5.74) is 2.45. The standard InChI is InChI=1S/C15H29N3O/c1-5-9-16-14(8-7-10-19-4)12-15-11-13(3)17-18(15)6-2/h11,14,16H,5-10,12H2,1-4H3. The topological polar surface area (TPSA) is 39.1 Å². The van der Waals surface area contributed by atoms with E-state index in [0.29, 0.717) is 6.04 Å². The zero-order valence-corrected chi connectivity index (χ0v) is 12.9. The Balaban J connectivity index is 2.58. The Hall–Kier alpha value is -0.870. The van der Waals surface area contributed by atoms with Crippen molar-refractivity contribution in [1.82, 2.24) is 15.1 Å². The zero-order valence-electron chi connectivity index (χ0n) is 12.9. The predicted octanol–water partition coefficient (Wildman–Crippen LogP) is 2.55. The van der Waals surface area contributed by atoms with Crippen LogP contribution in [0.4, 0.5) is 0 Å². The van der Waals surface area contributed by atoms with Gasteiger partial charge in [0.1, 0.15) is 0 Å². The van der Waals surface area contributed by atoms with E-state index in [4.69, 9.17) is 4.74 Å². The second kappa shape index (κ2) is 9.10. The Morgan fingerprint density at radius 3 is 2.84 bits per heavy atom. The minimum Gasteiger partial charge on any atom is -0.385 e. The fourth-order valence-electron chi connectivity index (χ4n) is 2.39. The van der Waals surface area contributed by atoms with E-state index in [1.165, 1.54) is 12.1 Å². The van der Waals surface area contributed by atoms with Gasteiger partial charge in [0.05, 0.1) is 5.69 Å². The van der Waals surface area contributed by atoms with Gasteiger partial charge in [0.15, 0.2) is 0 Å². The van der Waals surface area contributed by atoms with E-state index in [9.17, 15) is 0 Å². The van der Waals surface area contributed by atoms with Crippen LogP contribution >= 0.6 is 0 Å². The first-order chi connectivity index (χ1) is 9.21. The SMILES string of the molecule is CCCNC(CCCOC)Cc1cc(C)nn1CC. The fourth-order valence-corrected chi connectivity index (χ4v) is 2.39. The molecule has 0 aliphatic rings. The van der Waals surface area contributed by atoms with Gasteiger partial charge in [-0.3, -0.25) is 4.68 Å². The second-order valence-corrected chi connectivity index (χ2v) is 5.08. The van der Waals surface area contributed by atoms with Crippen LogP contribution in [-0.4, -0.2) is 36.1 Å². The van der Waals surface area contributed by atoms with Gasteiger partial charge in [0.25, 0.3) is 0 Å². The van der Waals surface area contributed by atoms with Crippen molar-refractivity contribution >= 4 is 0 Å². The maximum absolute atomic E-state index is 5.15. The fraction of sp³-hybridized carbons (Fsp3) is 0.800. The minimum absolute atomic E-state index is 0.525. The highest BCUT2D eigenvalue weighted by atomic mass is 16.5. The van der Waals surface area contributed by atoms with Gasteiger partial charge in [0.2, 0.25) is 0 Å². The molecular formula is C15H29N3O. The summed E-state index contributed by atoms with van der Waals surface area (Å²) in [6.45, 7) is 9.29. The molecular weight excluding hydrogens is 238 g/mol. The summed E-state index contributed by atoms with van der Waals surface area (Å²) in [6.07, 6.45) is 4.49. The van der Waals surface area contributed by atoms with Crippen molar-refractivity contribution in [3.63, 3.8) is 0 Å². The molecule has 110 valence electrons. The van der Waals surface area contributed by atoms with Crippen LogP contribution in [0.2, 0.25) is 0 Å². The Kier molecular flexibility index (Phi) is 7.75. The molecule has 1 unspecified atom stereocenters. The average molecular weight is 267 g/mol. The van der Waals surface area contributed by atoms with Crippen molar-refractivity contribution < 1.29 is 4.74 Å². The molecule has 4 heteroatoms. The quantitative estimate of drug-likeness (QED) is 0.662. The first-order valence-corrected chi connectivity index (χ1v) is 7.46. The van der Waals surface area contributed by atoms with E-state index in [1.807, 2.05) is 0 Å². The number of hydrogen-bond donors (Lipinski definition) is 1. The lowest BCUT2D eigenvalue weighted by atomic mass is 10.1. The number of rotatable bonds is 10. The Morgan fingerprint density at radius 2 is 2.21 bits per heavy atom. The van der Waals surface area contributed by atoms with Crippen molar-refractivity contribution in [3.8, 4) is 0 Å². The lowest BCUT2D eigenvalue weighted by Gasteiger charge is -2.18. The number of nitrogens with one attached hydrogen (secondary N) is 1. The number of hydrogen-bond acceptors (Lipinski definition) is 3. The van der Waals surface area contributed by atoms with E-state index in [-0.39, 0.29) is 0 Å². The van der Waals surface area contributed by atoms with Crippen LogP contribution in [0.1, 0.15) is 44.5 Å². The normalized spacial score (nSPS) is 12.8. The highest BCUT2D eigenvalue weighted by Gasteiger charge is 2.12. The highest BCUT2D eigenvalue weighted by molar-refractivity contribution is 5.10. The monoisotopic (exact) mass is 267 g/mol. The molecule has 0 saturated carbocycles. The molecule has 0 spiro atoms. The van der Waals surface area contributed by atoms with Crippen LogP contribution < -0.4 is 5.32 Å². The molecule has 19 heavy (non-hydrogen) atoms. The molecule has 1 N–H and O–H groups in total. The third-order valence-electron chi connectivity index (χ3n) is 3.32. The molecule has 1 atom stereocenters. The number of nitrogens with zero attached hydrogens (tertiary/aromatic N) is 2. The summed E-state index contributed by atoms with van der Waals surface area (Å²) in [4.78, 5) is 0. The molecule has 0 saturated heterocycles. The predicted molar refractivity (Wildman–Crippen MR) is 79.5 cm³/mol. The number of aromatic nitrogens is 2. The van der Waals surface area contributed by atoms with Crippen molar-refractivity contribution in [2.45, 2.75) is 59.0 Å². The van der Waals surface area contributed by atoms with Crippen LogP contribution in [0.25, 0.3) is 0 Å². The first kappa shape index (κ1) is 16.2. The van der Waals surface area contributed by atoms with Gasteiger partial charge in [0, 0.05) is 38.4 Å². The Bertz CT molecular complexity index is 349. The molecule has 1 aromatic rings. The van der Waals surface area contributed by atoms with E-state index < -0.39 is 0 Å². The van der Waals surface area contributed by atoms with Crippen molar-refractivity contribution in [2.75, 3.05) is 20.3 Å². The van der Waals surface area contributed by atoms with Crippen molar-refractivity contribution in [1.29, 1.82) is 0 Å². The van der Waals surface area contributed by atoms with E-state index in [1.54, 1.807) is 7.11 Å². The summed E-state index contributed by atoms with van der Waals surface area (Å²) in [5.74, 6) is 0. The van der Waals surface area contributed by atoms with Crippen molar-refractivity contribution in [2.24, 2.45) is 0 Å². The summed E-state index contributed by atoms with van der Waals surface area (Å²) in [7, 11) is 1.77. The molecule has 0 radical (unpaired) electrons. The van der Waals surface area contributed by atoms with Crippen LogP contribution in [0.15, 0.2) is 6.07 Å². The molecule has 1 heterocycles. The summed E-state index contributed by atoms with van der Waals surface area (Å²) >= 11 is 0. The van der Waals surface area contributed by atoms with E-state index in [2.05, 4.69) is 41.9 Å². The maximum Gasteiger partial charge on any atom is 0.0596 e. The molecule has 0 bridgehead atoms. The molecule has 0 amide bonds. The van der Waals surface area contributed by atoms with Crippen LogP contribution in [-0.2, 0) is 17.7 Å². The average Bonchev–Trinajstić information content (AvgIpc) is 2.76. The van der Waals surface area contributed by atoms with Crippen LogP contribution in [0.3, 0.4) is 0 Å². The number of methoxy groups -OCH3 is 1. The van der Waals surface area contributed by atoms with Crippen LogP contribution in [0.5, 0.6) is 0 Å². The van der Waals surface area contributed by atoms with E-state index >= 15 is 0 Å². The lowest BCUT2D eigenvalue weighted by molar-refractivity contribution is 0.188. The molecule has 4 nitrogen and oxygen atoms in total. The van der Waals surface area contributed by atoms with Gasteiger partial charge in [-0.2, -0.15) is 5.10 Å². The molecule has 0 aromatic carbocycles. The lowest BCUT2D eigenvalue weighted by Crippen LogP contribution is -2.32.